The van der Waals surface area contributed by atoms with Gasteiger partial charge in [0.25, 0.3) is 0 Å². The molecule has 1 fully saturated rings. The van der Waals surface area contributed by atoms with Gasteiger partial charge in [-0.1, -0.05) is 0 Å². The summed E-state index contributed by atoms with van der Waals surface area (Å²) in [6.45, 7) is 4.67. The molecular weight excluding hydrogens is 352 g/mol. The maximum absolute atomic E-state index is 12.9. The Hall–Kier alpha value is -2.45. The van der Waals surface area contributed by atoms with Gasteiger partial charge in [-0.2, -0.15) is 5.10 Å². The Morgan fingerprint density at radius 2 is 2.12 bits per heavy atom. The van der Waals surface area contributed by atoms with E-state index in [1.165, 1.54) is 0 Å². The Balaban J connectivity index is 1.78. The van der Waals surface area contributed by atoms with Gasteiger partial charge in [-0.25, -0.2) is 8.42 Å². The van der Waals surface area contributed by atoms with Crippen molar-refractivity contribution in [3.63, 3.8) is 0 Å². The summed E-state index contributed by atoms with van der Waals surface area (Å²) in [5.41, 5.74) is 3.49. The first kappa shape index (κ1) is 17.0. The van der Waals surface area contributed by atoms with Crippen molar-refractivity contribution >= 4 is 32.2 Å². The second-order valence-electron chi connectivity index (χ2n) is 6.52. The molecule has 2 N–H and O–H groups in total. The average Bonchev–Trinajstić information content (AvgIpc) is 3.28. The predicted octanol–water partition coefficient (Wildman–Crippen LogP) is 2.88. The molecule has 3 heterocycles. The van der Waals surface area contributed by atoms with Crippen molar-refractivity contribution in [3.8, 4) is 0 Å². The van der Waals surface area contributed by atoms with Gasteiger partial charge in [-0.05, 0) is 44.5 Å². The van der Waals surface area contributed by atoms with Crippen LogP contribution in [0.2, 0.25) is 0 Å². The van der Waals surface area contributed by atoms with E-state index in [0.717, 1.165) is 27.8 Å². The Kier molecular flexibility index (Phi) is 4.16. The van der Waals surface area contributed by atoms with E-state index in [0.29, 0.717) is 23.7 Å². The number of rotatable bonds is 4. The summed E-state index contributed by atoms with van der Waals surface area (Å²) in [7, 11) is -3.43. The first-order valence-electron chi connectivity index (χ1n) is 8.46. The van der Waals surface area contributed by atoms with Crippen LogP contribution in [0.3, 0.4) is 0 Å². The third kappa shape index (κ3) is 2.85. The van der Waals surface area contributed by atoms with Gasteiger partial charge in [0.15, 0.2) is 15.7 Å². The normalized spacial score (nSPS) is 17.7. The molecule has 0 saturated carbocycles. The van der Waals surface area contributed by atoms with Gasteiger partial charge < -0.3 is 10.1 Å². The summed E-state index contributed by atoms with van der Waals surface area (Å²) in [6, 6.07) is 6.87. The van der Waals surface area contributed by atoms with Gasteiger partial charge in [-0.15, -0.1) is 0 Å². The van der Waals surface area contributed by atoms with E-state index in [4.69, 9.17) is 4.74 Å². The zero-order valence-electron chi connectivity index (χ0n) is 14.6. The molecule has 4 rings (SSSR count). The highest BCUT2D eigenvalue weighted by atomic mass is 32.2. The zero-order chi connectivity index (χ0) is 18.3. The first-order chi connectivity index (χ1) is 12.5. The number of aromatic amines is 1. The van der Waals surface area contributed by atoms with Gasteiger partial charge >= 0.3 is 0 Å². The molecule has 1 aliphatic heterocycles. The summed E-state index contributed by atoms with van der Waals surface area (Å²) in [5, 5.41) is 10.7. The quantitative estimate of drug-likeness (QED) is 0.731. The molecule has 2 aromatic heterocycles. The Morgan fingerprint density at radius 3 is 2.81 bits per heavy atom. The van der Waals surface area contributed by atoms with E-state index >= 15 is 0 Å². The van der Waals surface area contributed by atoms with Crippen LogP contribution < -0.4 is 5.32 Å². The van der Waals surface area contributed by atoms with E-state index in [1.807, 2.05) is 19.9 Å². The van der Waals surface area contributed by atoms with Crippen LogP contribution in [0.5, 0.6) is 0 Å². The van der Waals surface area contributed by atoms with E-state index < -0.39 is 15.1 Å². The van der Waals surface area contributed by atoms with Crippen molar-refractivity contribution in [2.45, 2.75) is 30.4 Å². The lowest BCUT2D eigenvalue weighted by atomic mass is 10.2. The molecule has 0 amide bonds. The second-order valence-corrected chi connectivity index (χ2v) is 8.74. The van der Waals surface area contributed by atoms with Gasteiger partial charge in [-0.3, -0.25) is 10.1 Å². The molecule has 1 atom stereocenters. The third-order valence-corrected chi connectivity index (χ3v) is 7.03. The summed E-state index contributed by atoms with van der Waals surface area (Å²) in [4.78, 5) is 4.64. The number of pyridine rings is 1. The molecule has 8 heteroatoms. The fourth-order valence-electron chi connectivity index (χ4n) is 3.10. The topological polar surface area (TPSA) is 97.0 Å². The van der Waals surface area contributed by atoms with E-state index in [2.05, 4.69) is 20.5 Å². The molecule has 0 aliphatic carbocycles. The summed E-state index contributed by atoms with van der Waals surface area (Å²) >= 11 is 0. The fraction of sp³-hybridized carbons (Fsp3) is 0.333. The Morgan fingerprint density at radius 1 is 1.27 bits per heavy atom. The van der Waals surface area contributed by atoms with Crippen molar-refractivity contribution in [1.82, 2.24) is 15.2 Å². The van der Waals surface area contributed by atoms with Crippen LogP contribution in [0.4, 0.5) is 11.5 Å². The van der Waals surface area contributed by atoms with E-state index in [-0.39, 0.29) is 6.61 Å². The number of benzene rings is 1. The minimum absolute atomic E-state index is 0.254. The van der Waals surface area contributed by atoms with Crippen molar-refractivity contribution in [2.75, 3.05) is 18.5 Å². The van der Waals surface area contributed by atoms with Crippen LogP contribution in [0, 0.1) is 13.8 Å². The van der Waals surface area contributed by atoms with Crippen LogP contribution in [-0.2, 0) is 14.6 Å². The van der Waals surface area contributed by atoms with E-state index in [1.54, 1.807) is 24.4 Å². The molecule has 0 radical (unpaired) electrons. The second kappa shape index (κ2) is 6.37. The highest BCUT2D eigenvalue weighted by Gasteiger charge is 2.31. The van der Waals surface area contributed by atoms with Crippen LogP contribution in [-0.4, -0.2) is 42.1 Å². The van der Waals surface area contributed by atoms with Crippen molar-refractivity contribution in [1.29, 1.82) is 0 Å². The van der Waals surface area contributed by atoms with Gasteiger partial charge in [0.05, 0.1) is 28.0 Å². The van der Waals surface area contributed by atoms with Crippen molar-refractivity contribution < 1.29 is 13.2 Å². The van der Waals surface area contributed by atoms with Crippen molar-refractivity contribution in [2.24, 2.45) is 0 Å². The first-order valence-corrected chi connectivity index (χ1v) is 10.0. The number of aryl methyl sites for hydroxylation is 1. The number of nitrogens with one attached hydrogen (secondary N) is 2. The lowest BCUT2D eigenvalue weighted by Gasteiger charge is -2.12. The molecule has 1 saturated heterocycles. The molecule has 1 aliphatic rings. The summed E-state index contributed by atoms with van der Waals surface area (Å²) < 4.78 is 31.0. The predicted molar refractivity (Wildman–Crippen MR) is 99.5 cm³/mol. The highest BCUT2D eigenvalue weighted by molar-refractivity contribution is 7.92. The third-order valence-electron chi connectivity index (χ3n) is 4.87. The number of hydrogen-bond acceptors (Lipinski definition) is 6. The molecule has 3 aromatic rings. The highest BCUT2D eigenvalue weighted by Crippen LogP contribution is 2.30. The van der Waals surface area contributed by atoms with Crippen LogP contribution in [0.15, 0.2) is 35.4 Å². The molecule has 1 unspecified atom stereocenters. The number of nitrogens with zero attached hydrogens (tertiary/aromatic N) is 2. The fourth-order valence-corrected chi connectivity index (χ4v) is 4.70. The minimum Gasteiger partial charge on any atom is -0.380 e. The molecule has 0 bridgehead atoms. The lowest BCUT2D eigenvalue weighted by molar-refractivity contribution is 0.198. The number of sulfone groups is 1. The molecule has 26 heavy (non-hydrogen) atoms. The summed E-state index contributed by atoms with van der Waals surface area (Å²) in [5.74, 6) is 0.715. The largest absolute Gasteiger partial charge is 0.380 e. The van der Waals surface area contributed by atoms with Gasteiger partial charge in [0.2, 0.25) is 0 Å². The monoisotopic (exact) mass is 372 g/mol. The SMILES string of the molecule is Cc1[nH]nc(Nc2ccnc3ccc(S(=O)(=O)C4CCOC4)cc23)c1C. The van der Waals surface area contributed by atoms with Crippen LogP contribution >= 0.6 is 0 Å². The molecule has 0 spiro atoms. The Labute approximate surface area is 151 Å². The van der Waals surface area contributed by atoms with Gasteiger partial charge in [0.1, 0.15) is 0 Å². The number of hydrogen-bond donors (Lipinski definition) is 2. The molecule has 136 valence electrons. The van der Waals surface area contributed by atoms with Gasteiger partial charge in [0, 0.05) is 29.4 Å². The molecule has 7 nitrogen and oxygen atoms in total. The number of fused-ring (bicyclic) bond motifs is 1. The van der Waals surface area contributed by atoms with Crippen LogP contribution in [0.1, 0.15) is 17.7 Å². The zero-order valence-corrected chi connectivity index (χ0v) is 15.4. The van der Waals surface area contributed by atoms with Crippen LogP contribution in [0.25, 0.3) is 10.9 Å². The lowest BCUT2D eigenvalue weighted by Crippen LogP contribution is -2.21. The smallest absolute Gasteiger partial charge is 0.183 e. The number of ether oxygens (including phenoxy) is 1. The standard InChI is InChI=1S/C18H20N4O3S/c1-11-12(2)21-22-18(11)20-17-5-7-19-16-4-3-13(9-15(16)17)26(23,24)14-6-8-25-10-14/h3-5,7,9,14H,6,8,10H2,1-2H3,(H2,19,20,21,22). The van der Waals surface area contributed by atoms with Crippen molar-refractivity contribution in [3.05, 3.63) is 41.7 Å². The summed E-state index contributed by atoms with van der Waals surface area (Å²) in [6.07, 6.45) is 2.22. The molecule has 1 aromatic carbocycles. The Bertz CT molecular complexity index is 1070. The number of H-pyrrole nitrogens is 1. The van der Waals surface area contributed by atoms with E-state index in [9.17, 15) is 8.42 Å². The minimum atomic E-state index is -3.43. The number of anilines is 2. The average molecular weight is 372 g/mol. The maximum Gasteiger partial charge on any atom is 0.183 e. The molecular formula is C18H20N4O3S. The number of aromatic nitrogens is 3. The maximum atomic E-state index is 12.9.